The van der Waals surface area contributed by atoms with E-state index in [0.717, 1.165) is 22.0 Å². The number of imidazole rings is 1. The molecule has 2 aromatic heterocycles. The Balaban J connectivity index is 1.93. The van der Waals surface area contributed by atoms with Crippen LogP contribution in [0.15, 0.2) is 45.4 Å². The molecule has 1 aliphatic rings. The van der Waals surface area contributed by atoms with Crippen molar-refractivity contribution in [2.75, 3.05) is 30.3 Å². The quantitative estimate of drug-likeness (QED) is 0.171. The van der Waals surface area contributed by atoms with Gasteiger partial charge in [-0.15, -0.1) is 12.3 Å². The van der Waals surface area contributed by atoms with Crippen molar-refractivity contribution in [1.29, 1.82) is 0 Å². The molecule has 0 spiro atoms. The Hall–Kier alpha value is -5.07. The van der Waals surface area contributed by atoms with Gasteiger partial charge >= 0.3 is 11.7 Å². The van der Waals surface area contributed by atoms with Gasteiger partial charge in [0.05, 0.1) is 24.5 Å². The Morgan fingerprint density at radius 1 is 1.32 bits per heavy atom. The molecule has 1 saturated heterocycles. The summed E-state index contributed by atoms with van der Waals surface area (Å²) in [6.07, 6.45) is 9.96. The van der Waals surface area contributed by atoms with Gasteiger partial charge in [-0.05, 0) is 37.5 Å². The molecule has 0 radical (unpaired) electrons. The molecule has 0 amide bonds. The zero-order chi connectivity index (χ0) is 29.5. The molecule has 3 heterocycles. The molecule has 12 heteroatoms. The largest absolute Gasteiger partial charge is 0.451 e. The van der Waals surface area contributed by atoms with E-state index in [9.17, 15) is 14.4 Å². The summed E-state index contributed by atoms with van der Waals surface area (Å²) in [5, 5.41) is 0. The Labute approximate surface area is 236 Å². The van der Waals surface area contributed by atoms with Gasteiger partial charge in [0, 0.05) is 25.3 Å². The number of terminal acetylenes is 1. The van der Waals surface area contributed by atoms with Crippen LogP contribution in [0.4, 0.5) is 17.3 Å². The lowest BCUT2D eigenvalue weighted by molar-refractivity contribution is -0.142. The first-order valence-electron chi connectivity index (χ1n) is 13.1. The van der Waals surface area contributed by atoms with Crippen LogP contribution in [0, 0.1) is 24.2 Å². The minimum atomic E-state index is -0.741. The number of rotatable bonds is 9. The Kier molecular flexibility index (Phi) is 9.07. The molecule has 41 heavy (non-hydrogen) atoms. The number of hydrogen-bond donors (Lipinski definition) is 2. The average molecular weight is 557 g/mol. The number of nitrogen functional groups attached to an aromatic ring is 1. The van der Waals surface area contributed by atoms with Gasteiger partial charge in [0.25, 0.3) is 5.56 Å². The average Bonchev–Trinajstić information content (AvgIpc) is 3.34. The van der Waals surface area contributed by atoms with Gasteiger partial charge in [0.15, 0.2) is 17.8 Å². The zero-order valence-corrected chi connectivity index (χ0v) is 22.9. The van der Waals surface area contributed by atoms with Crippen LogP contribution >= 0.6 is 0 Å². The van der Waals surface area contributed by atoms with Crippen LogP contribution in [0.1, 0.15) is 25.3 Å². The van der Waals surface area contributed by atoms with Gasteiger partial charge < -0.3 is 21.1 Å². The number of carbonyl (C=O) groups is 1. The van der Waals surface area contributed by atoms with Crippen molar-refractivity contribution in [2.24, 2.45) is 10.7 Å². The van der Waals surface area contributed by atoms with Crippen molar-refractivity contribution < 1.29 is 9.53 Å². The van der Waals surface area contributed by atoms with Crippen molar-refractivity contribution >= 4 is 40.7 Å². The Morgan fingerprint density at radius 2 is 2.12 bits per heavy atom. The molecule has 212 valence electrons. The van der Waals surface area contributed by atoms with E-state index >= 15 is 0 Å². The molecule has 1 fully saturated rings. The number of hydrogen-bond acceptors (Lipinski definition) is 9. The molecule has 4 N–H and O–H groups in total. The minimum absolute atomic E-state index is 0.0505. The first kappa shape index (κ1) is 28.9. The molecule has 0 bridgehead atoms. The summed E-state index contributed by atoms with van der Waals surface area (Å²) in [6, 6.07) is 4.96. The van der Waals surface area contributed by atoms with Crippen LogP contribution in [0.3, 0.4) is 0 Å². The number of aliphatic imine (C=N–C) groups is 1. The second kappa shape index (κ2) is 12.9. The highest BCUT2D eigenvalue weighted by Crippen LogP contribution is 2.25. The number of nitrogens with zero attached hydrogens (tertiary/aromatic N) is 6. The standard InChI is InChI=1S/C29H32N8O4/c1-4-7-14-35-25-26(33-28(35)34-13-8-9-21(30)18-34)36(19-24(38)41-15-6-3)29(40)37(27(25)39)17-20-10-11-23(22(31)16-20)32-12-5-2/h3,5,10-12,16,21H,2,8-9,13-15,17-19,30-31H2,1H3/b32-12-. The van der Waals surface area contributed by atoms with Gasteiger partial charge in [0.2, 0.25) is 5.95 Å². The summed E-state index contributed by atoms with van der Waals surface area (Å²) in [7, 11) is 0. The third kappa shape index (κ3) is 6.24. The van der Waals surface area contributed by atoms with Gasteiger partial charge in [-0.2, -0.15) is 4.98 Å². The second-order valence-electron chi connectivity index (χ2n) is 9.48. The van der Waals surface area contributed by atoms with E-state index in [0.29, 0.717) is 36.0 Å². The van der Waals surface area contributed by atoms with Crippen LogP contribution in [-0.2, 0) is 29.2 Å². The molecule has 1 aromatic carbocycles. The lowest BCUT2D eigenvalue weighted by atomic mass is 10.1. The highest BCUT2D eigenvalue weighted by Gasteiger charge is 2.27. The predicted octanol–water partition coefficient (Wildman–Crippen LogP) is 1.01. The van der Waals surface area contributed by atoms with Crippen molar-refractivity contribution in [1.82, 2.24) is 18.7 Å². The van der Waals surface area contributed by atoms with E-state index < -0.39 is 23.8 Å². The number of benzene rings is 1. The fourth-order valence-corrected chi connectivity index (χ4v) is 4.73. The van der Waals surface area contributed by atoms with Gasteiger partial charge in [-0.1, -0.05) is 30.6 Å². The Morgan fingerprint density at radius 3 is 2.80 bits per heavy atom. The van der Waals surface area contributed by atoms with Crippen LogP contribution in [-0.4, -0.2) is 56.6 Å². The number of nitrogens with two attached hydrogens (primary N) is 2. The normalized spacial score (nSPS) is 15.0. The minimum Gasteiger partial charge on any atom is -0.451 e. The first-order chi connectivity index (χ1) is 19.8. The van der Waals surface area contributed by atoms with Crippen LogP contribution in [0.2, 0.25) is 0 Å². The number of aromatic nitrogens is 4. The number of fused-ring (bicyclic) bond motifs is 1. The maximum absolute atomic E-state index is 14.0. The highest BCUT2D eigenvalue weighted by molar-refractivity contribution is 5.78. The SMILES string of the molecule is C#CCOC(=O)Cn1c(=O)n(Cc2ccc(/N=C\C=C)c(N)c2)c(=O)c2c1nc(N1CCCC(N)C1)n2CC#CC. The van der Waals surface area contributed by atoms with E-state index in [4.69, 9.17) is 27.6 Å². The number of ether oxygens (including phenoxy) is 1. The fraction of sp³-hybridized carbons (Fsp3) is 0.345. The Bertz CT molecular complexity index is 1730. The summed E-state index contributed by atoms with van der Waals surface area (Å²) in [6.45, 7) is 5.75. The highest BCUT2D eigenvalue weighted by atomic mass is 16.5. The van der Waals surface area contributed by atoms with Gasteiger partial charge in [-0.25, -0.2) is 4.79 Å². The molecule has 1 unspecified atom stereocenters. The van der Waals surface area contributed by atoms with E-state index in [1.807, 2.05) is 4.90 Å². The van der Waals surface area contributed by atoms with Crippen LogP contribution in [0.5, 0.6) is 0 Å². The smallest absolute Gasteiger partial charge is 0.333 e. The number of piperidine rings is 1. The topological polar surface area (TPSA) is 156 Å². The van der Waals surface area contributed by atoms with E-state index in [1.54, 1.807) is 29.7 Å². The molecule has 0 saturated carbocycles. The number of esters is 1. The lowest BCUT2D eigenvalue weighted by Gasteiger charge is -2.31. The van der Waals surface area contributed by atoms with Gasteiger partial charge in [-0.3, -0.25) is 28.3 Å². The molecule has 1 atom stereocenters. The van der Waals surface area contributed by atoms with E-state index in [-0.39, 0.29) is 36.9 Å². The predicted molar refractivity (Wildman–Crippen MR) is 159 cm³/mol. The lowest BCUT2D eigenvalue weighted by Crippen LogP contribution is -2.44. The number of carbonyl (C=O) groups excluding carboxylic acids is 1. The maximum atomic E-state index is 14.0. The number of allylic oxidation sites excluding steroid dienone is 1. The fourth-order valence-electron chi connectivity index (χ4n) is 4.73. The number of anilines is 2. The molecule has 0 aliphatic carbocycles. The van der Waals surface area contributed by atoms with Crippen molar-refractivity contribution in [3.8, 4) is 24.2 Å². The van der Waals surface area contributed by atoms with Crippen molar-refractivity contribution in [3.05, 3.63) is 57.3 Å². The first-order valence-corrected chi connectivity index (χ1v) is 13.1. The van der Waals surface area contributed by atoms with E-state index in [2.05, 4.69) is 29.3 Å². The van der Waals surface area contributed by atoms with Crippen molar-refractivity contribution in [2.45, 2.75) is 45.4 Å². The summed E-state index contributed by atoms with van der Waals surface area (Å²) in [5.41, 5.74) is 12.7. The summed E-state index contributed by atoms with van der Waals surface area (Å²) < 4.78 is 8.88. The van der Waals surface area contributed by atoms with Gasteiger partial charge in [0.1, 0.15) is 6.54 Å². The van der Waals surface area contributed by atoms with Crippen molar-refractivity contribution in [3.63, 3.8) is 0 Å². The summed E-state index contributed by atoms with van der Waals surface area (Å²) >= 11 is 0. The maximum Gasteiger partial charge on any atom is 0.333 e. The summed E-state index contributed by atoms with van der Waals surface area (Å²) in [5.74, 6) is 7.78. The molecule has 4 rings (SSSR count). The third-order valence-electron chi connectivity index (χ3n) is 6.60. The van der Waals surface area contributed by atoms with E-state index in [1.165, 1.54) is 12.3 Å². The molecule has 12 nitrogen and oxygen atoms in total. The molecular weight excluding hydrogens is 524 g/mol. The second-order valence-corrected chi connectivity index (χ2v) is 9.48. The zero-order valence-electron chi connectivity index (χ0n) is 22.9. The van der Waals surface area contributed by atoms with Crippen LogP contribution < -0.4 is 27.6 Å². The summed E-state index contributed by atoms with van der Waals surface area (Å²) in [4.78, 5) is 51.3. The monoisotopic (exact) mass is 556 g/mol. The third-order valence-corrected chi connectivity index (χ3v) is 6.60. The molecule has 1 aliphatic heterocycles. The van der Waals surface area contributed by atoms with Crippen LogP contribution in [0.25, 0.3) is 11.2 Å². The molecule has 3 aromatic rings. The molecular formula is C29H32N8O4.